The van der Waals surface area contributed by atoms with E-state index in [1.54, 1.807) is 0 Å². The highest BCUT2D eigenvalue weighted by atomic mass is 16.5. The number of carboxylic acid groups (broad SMARTS) is 1. The van der Waals surface area contributed by atoms with Crippen LogP contribution in [0.3, 0.4) is 0 Å². The van der Waals surface area contributed by atoms with Crippen LogP contribution in [0.4, 0.5) is 0 Å². The first-order chi connectivity index (χ1) is 7.16. The molecule has 1 N–H and O–H groups in total. The SMILES string of the molecule is CC1CC(C(=O)O)CN(C2CCOC2)C1. The first-order valence-corrected chi connectivity index (χ1v) is 5.71. The highest BCUT2D eigenvalue weighted by molar-refractivity contribution is 5.70. The molecule has 0 radical (unpaired) electrons. The van der Waals surface area contributed by atoms with Crippen LogP contribution in [0.2, 0.25) is 0 Å². The summed E-state index contributed by atoms with van der Waals surface area (Å²) >= 11 is 0. The lowest BCUT2D eigenvalue weighted by molar-refractivity contribution is -0.144. The number of carboxylic acids is 1. The van der Waals surface area contributed by atoms with Gasteiger partial charge in [0, 0.05) is 25.7 Å². The smallest absolute Gasteiger partial charge is 0.307 e. The molecule has 86 valence electrons. The number of ether oxygens (including phenoxy) is 1. The van der Waals surface area contributed by atoms with Gasteiger partial charge in [0.05, 0.1) is 12.5 Å². The standard InChI is InChI=1S/C11H19NO3/c1-8-4-9(11(13)14)6-12(5-8)10-2-3-15-7-10/h8-10H,2-7H2,1H3,(H,13,14). The zero-order valence-corrected chi connectivity index (χ0v) is 9.19. The third kappa shape index (κ3) is 2.49. The van der Waals surface area contributed by atoms with Crippen molar-refractivity contribution in [1.29, 1.82) is 0 Å². The van der Waals surface area contributed by atoms with E-state index in [1.165, 1.54) is 0 Å². The number of piperidine rings is 1. The van der Waals surface area contributed by atoms with Gasteiger partial charge in [-0.25, -0.2) is 0 Å². The average Bonchev–Trinajstić information content (AvgIpc) is 2.69. The molecule has 0 aromatic rings. The normalized spacial score (nSPS) is 38.1. The van der Waals surface area contributed by atoms with Crippen LogP contribution in [-0.2, 0) is 9.53 Å². The van der Waals surface area contributed by atoms with E-state index in [2.05, 4.69) is 11.8 Å². The van der Waals surface area contributed by atoms with Gasteiger partial charge < -0.3 is 9.84 Å². The van der Waals surface area contributed by atoms with Crippen molar-refractivity contribution in [2.45, 2.75) is 25.8 Å². The minimum Gasteiger partial charge on any atom is -0.481 e. The molecule has 0 aromatic heterocycles. The Morgan fingerprint density at radius 1 is 1.47 bits per heavy atom. The van der Waals surface area contributed by atoms with Crippen LogP contribution < -0.4 is 0 Å². The van der Waals surface area contributed by atoms with E-state index in [9.17, 15) is 4.79 Å². The van der Waals surface area contributed by atoms with Crippen LogP contribution in [0.5, 0.6) is 0 Å². The molecule has 2 heterocycles. The summed E-state index contributed by atoms with van der Waals surface area (Å²) in [6, 6.07) is 0.453. The molecular formula is C11H19NO3. The lowest BCUT2D eigenvalue weighted by Crippen LogP contribution is -2.47. The number of nitrogens with zero attached hydrogens (tertiary/aromatic N) is 1. The van der Waals surface area contributed by atoms with Crippen LogP contribution in [0.15, 0.2) is 0 Å². The highest BCUT2D eigenvalue weighted by Crippen LogP contribution is 2.25. The molecule has 15 heavy (non-hydrogen) atoms. The monoisotopic (exact) mass is 213 g/mol. The summed E-state index contributed by atoms with van der Waals surface area (Å²) in [5.41, 5.74) is 0. The van der Waals surface area contributed by atoms with Gasteiger partial charge in [-0.15, -0.1) is 0 Å². The summed E-state index contributed by atoms with van der Waals surface area (Å²) in [5.74, 6) is -0.347. The van der Waals surface area contributed by atoms with Crippen molar-refractivity contribution in [3.63, 3.8) is 0 Å². The summed E-state index contributed by atoms with van der Waals surface area (Å²) in [5, 5.41) is 9.06. The molecule has 2 fully saturated rings. The molecule has 0 spiro atoms. The molecule has 2 aliphatic rings. The van der Waals surface area contributed by atoms with Gasteiger partial charge in [0.2, 0.25) is 0 Å². The van der Waals surface area contributed by atoms with Gasteiger partial charge in [-0.2, -0.15) is 0 Å². The van der Waals surface area contributed by atoms with Crippen molar-refractivity contribution in [3.8, 4) is 0 Å². The molecule has 2 saturated heterocycles. The Morgan fingerprint density at radius 3 is 2.87 bits per heavy atom. The van der Waals surface area contributed by atoms with Crippen molar-refractivity contribution in [2.24, 2.45) is 11.8 Å². The quantitative estimate of drug-likeness (QED) is 0.737. The van der Waals surface area contributed by atoms with Gasteiger partial charge in [0.1, 0.15) is 0 Å². The largest absolute Gasteiger partial charge is 0.481 e. The Bertz CT molecular complexity index is 238. The number of hydrogen-bond donors (Lipinski definition) is 1. The molecule has 0 aromatic carbocycles. The second kappa shape index (κ2) is 4.49. The van der Waals surface area contributed by atoms with Crippen molar-refractivity contribution in [3.05, 3.63) is 0 Å². The molecule has 0 saturated carbocycles. The number of hydrogen-bond acceptors (Lipinski definition) is 3. The van der Waals surface area contributed by atoms with E-state index in [1.807, 2.05) is 0 Å². The maximum atomic E-state index is 11.0. The van der Waals surface area contributed by atoms with Gasteiger partial charge in [-0.3, -0.25) is 9.69 Å². The van der Waals surface area contributed by atoms with Gasteiger partial charge in [0.15, 0.2) is 0 Å². The van der Waals surface area contributed by atoms with E-state index in [4.69, 9.17) is 9.84 Å². The van der Waals surface area contributed by atoms with Crippen molar-refractivity contribution >= 4 is 5.97 Å². The summed E-state index contributed by atoms with van der Waals surface area (Å²) in [6.07, 6.45) is 1.87. The molecule has 3 atom stereocenters. The Balaban J connectivity index is 1.96. The number of carbonyl (C=O) groups is 1. The zero-order valence-electron chi connectivity index (χ0n) is 9.19. The van der Waals surface area contributed by atoms with Gasteiger partial charge in [0.25, 0.3) is 0 Å². The minimum atomic E-state index is -0.648. The van der Waals surface area contributed by atoms with Crippen LogP contribution in [-0.4, -0.2) is 48.3 Å². The molecule has 4 heteroatoms. The highest BCUT2D eigenvalue weighted by Gasteiger charge is 2.34. The predicted molar refractivity (Wildman–Crippen MR) is 55.7 cm³/mol. The third-order valence-electron chi connectivity index (χ3n) is 3.46. The van der Waals surface area contributed by atoms with E-state index >= 15 is 0 Å². The maximum Gasteiger partial charge on any atom is 0.307 e. The first kappa shape index (κ1) is 10.9. The van der Waals surface area contributed by atoms with Gasteiger partial charge in [-0.05, 0) is 18.8 Å². The van der Waals surface area contributed by atoms with E-state index in [0.717, 1.165) is 32.6 Å². The zero-order chi connectivity index (χ0) is 10.8. The van der Waals surface area contributed by atoms with E-state index in [0.29, 0.717) is 18.5 Å². The number of likely N-dealkylation sites (tertiary alicyclic amines) is 1. The summed E-state index contributed by atoms with van der Waals surface area (Å²) in [6.45, 7) is 5.47. The molecule has 4 nitrogen and oxygen atoms in total. The third-order valence-corrected chi connectivity index (χ3v) is 3.46. The van der Waals surface area contributed by atoms with Crippen LogP contribution >= 0.6 is 0 Å². The Labute approximate surface area is 90.2 Å². The first-order valence-electron chi connectivity index (χ1n) is 5.71. The molecule has 0 amide bonds. The predicted octanol–water partition coefficient (Wildman–Crippen LogP) is 0.818. The molecule has 0 bridgehead atoms. The topological polar surface area (TPSA) is 49.8 Å². The summed E-state index contributed by atoms with van der Waals surface area (Å²) in [7, 11) is 0. The Kier molecular flexibility index (Phi) is 3.26. The van der Waals surface area contributed by atoms with E-state index in [-0.39, 0.29) is 5.92 Å². The minimum absolute atomic E-state index is 0.186. The fraction of sp³-hybridized carbons (Fsp3) is 0.909. The fourth-order valence-electron chi connectivity index (χ4n) is 2.68. The Morgan fingerprint density at radius 2 is 2.27 bits per heavy atom. The van der Waals surface area contributed by atoms with Gasteiger partial charge in [-0.1, -0.05) is 6.92 Å². The number of aliphatic carboxylic acids is 1. The second-order valence-corrected chi connectivity index (χ2v) is 4.85. The van der Waals surface area contributed by atoms with Crippen LogP contribution in [0.1, 0.15) is 19.8 Å². The molecule has 2 rings (SSSR count). The number of rotatable bonds is 2. The van der Waals surface area contributed by atoms with Crippen molar-refractivity contribution in [1.82, 2.24) is 4.90 Å². The average molecular weight is 213 g/mol. The van der Waals surface area contributed by atoms with Crippen LogP contribution in [0, 0.1) is 11.8 Å². The second-order valence-electron chi connectivity index (χ2n) is 4.85. The summed E-state index contributed by atoms with van der Waals surface area (Å²) in [4.78, 5) is 13.3. The van der Waals surface area contributed by atoms with Crippen LogP contribution in [0.25, 0.3) is 0 Å². The molecule has 0 aliphatic carbocycles. The van der Waals surface area contributed by atoms with Crippen molar-refractivity contribution in [2.75, 3.05) is 26.3 Å². The maximum absolute atomic E-state index is 11.0. The van der Waals surface area contributed by atoms with Gasteiger partial charge >= 0.3 is 5.97 Å². The van der Waals surface area contributed by atoms with Crippen molar-refractivity contribution < 1.29 is 14.6 Å². The fourth-order valence-corrected chi connectivity index (χ4v) is 2.68. The lowest BCUT2D eigenvalue weighted by Gasteiger charge is -2.37. The molecular weight excluding hydrogens is 194 g/mol. The lowest BCUT2D eigenvalue weighted by atomic mass is 9.89. The Hall–Kier alpha value is -0.610. The molecule has 2 aliphatic heterocycles. The molecule has 3 unspecified atom stereocenters. The van der Waals surface area contributed by atoms with E-state index < -0.39 is 5.97 Å². The summed E-state index contributed by atoms with van der Waals surface area (Å²) < 4.78 is 5.35.